The van der Waals surface area contributed by atoms with Gasteiger partial charge in [-0.25, -0.2) is 4.98 Å². The fourth-order valence-corrected chi connectivity index (χ4v) is 2.61. The Balaban J connectivity index is 1.92. The summed E-state index contributed by atoms with van der Waals surface area (Å²) in [6.45, 7) is 0. The molecule has 0 bridgehead atoms. The van der Waals surface area contributed by atoms with Gasteiger partial charge in [0, 0.05) is 6.07 Å². The quantitative estimate of drug-likeness (QED) is 0.431. The summed E-state index contributed by atoms with van der Waals surface area (Å²) in [6.07, 6.45) is 0. The van der Waals surface area contributed by atoms with Gasteiger partial charge in [0.1, 0.15) is 5.52 Å². The summed E-state index contributed by atoms with van der Waals surface area (Å²) in [5.74, 6) is -0.0269. The Bertz CT molecular complexity index is 1010. The molecule has 0 radical (unpaired) electrons. The van der Waals surface area contributed by atoms with Crippen LogP contribution in [0.1, 0.15) is 0 Å². The van der Waals surface area contributed by atoms with E-state index in [1.807, 2.05) is 24.3 Å². The third kappa shape index (κ3) is 2.00. The zero-order valence-electron chi connectivity index (χ0n) is 11.6. The van der Waals surface area contributed by atoms with E-state index in [9.17, 15) is 5.21 Å². The molecule has 5 nitrogen and oxygen atoms in total. The maximum absolute atomic E-state index is 11.9. The van der Waals surface area contributed by atoms with Crippen LogP contribution in [0, 0.1) is 5.21 Å². The molecule has 0 aliphatic heterocycles. The average molecular weight is 288 g/mol. The standard InChI is InChI=1S/C17H12N4O/c18-17-19-15-8-7-14(10-16(15)21(22)20-17)13-6-5-11-3-1-2-4-12(11)9-13/h1-10H,(H2,18,19,20). The Morgan fingerprint density at radius 2 is 1.59 bits per heavy atom. The maximum atomic E-state index is 11.9. The molecule has 4 rings (SSSR count). The SMILES string of the molecule is Nc1nc2ccc(-c3ccc4ccccc4c3)cc2[n+]([O-])n1. The van der Waals surface area contributed by atoms with E-state index in [1.165, 1.54) is 5.39 Å². The van der Waals surface area contributed by atoms with Crippen molar-refractivity contribution in [1.82, 2.24) is 10.1 Å². The van der Waals surface area contributed by atoms with Crippen LogP contribution in [-0.4, -0.2) is 10.1 Å². The Labute approximate surface area is 126 Å². The van der Waals surface area contributed by atoms with E-state index in [4.69, 9.17) is 5.73 Å². The number of nitrogens with two attached hydrogens (primary N) is 1. The molecule has 2 N–H and O–H groups in total. The first kappa shape index (κ1) is 12.5. The van der Waals surface area contributed by atoms with Crippen molar-refractivity contribution in [3.8, 4) is 11.1 Å². The van der Waals surface area contributed by atoms with E-state index >= 15 is 0 Å². The molecule has 0 aliphatic carbocycles. The number of hydrogen-bond donors (Lipinski definition) is 1. The van der Waals surface area contributed by atoms with Crippen molar-refractivity contribution < 1.29 is 4.85 Å². The van der Waals surface area contributed by atoms with Crippen LogP contribution in [0.25, 0.3) is 32.9 Å². The largest absolute Gasteiger partial charge is 0.594 e. The molecule has 4 aromatic rings. The van der Waals surface area contributed by atoms with Gasteiger partial charge in [-0.15, -0.1) is 0 Å². The van der Waals surface area contributed by atoms with Gasteiger partial charge in [-0.2, -0.15) is 0 Å². The molecule has 0 fully saturated rings. The predicted octanol–water partition coefficient (Wildman–Crippen LogP) is 2.67. The third-order valence-electron chi connectivity index (χ3n) is 3.69. The molecular weight excluding hydrogens is 276 g/mol. The number of benzene rings is 3. The summed E-state index contributed by atoms with van der Waals surface area (Å²) in [4.78, 5) is 4.58. The van der Waals surface area contributed by atoms with Crippen molar-refractivity contribution in [3.05, 3.63) is 65.9 Å². The number of nitrogen functional groups attached to an aromatic ring is 1. The summed E-state index contributed by atoms with van der Waals surface area (Å²) in [6, 6.07) is 19.9. The molecule has 1 aromatic heterocycles. The minimum Gasteiger partial charge on any atom is -0.594 e. The number of hydrogen-bond acceptors (Lipinski definition) is 4. The summed E-state index contributed by atoms with van der Waals surface area (Å²) in [5.41, 5.74) is 8.41. The summed E-state index contributed by atoms with van der Waals surface area (Å²) in [5, 5.41) is 17.8. The minimum atomic E-state index is -0.0269. The number of anilines is 1. The van der Waals surface area contributed by atoms with Gasteiger partial charge in [0.15, 0.2) is 0 Å². The molecule has 3 aromatic carbocycles. The first-order valence-corrected chi connectivity index (χ1v) is 6.87. The van der Waals surface area contributed by atoms with Crippen LogP contribution in [0.4, 0.5) is 5.95 Å². The van der Waals surface area contributed by atoms with Gasteiger partial charge in [0.25, 0.3) is 11.5 Å². The molecule has 0 amide bonds. The molecular formula is C17H12N4O. The van der Waals surface area contributed by atoms with E-state index in [-0.39, 0.29) is 5.95 Å². The van der Waals surface area contributed by atoms with Gasteiger partial charge in [-0.05, 0) is 38.9 Å². The molecule has 0 spiro atoms. The van der Waals surface area contributed by atoms with Crippen LogP contribution in [0.3, 0.4) is 0 Å². The van der Waals surface area contributed by atoms with Crippen molar-refractivity contribution in [2.45, 2.75) is 0 Å². The monoisotopic (exact) mass is 288 g/mol. The van der Waals surface area contributed by atoms with Gasteiger partial charge in [0.2, 0.25) is 0 Å². The minimum absolute atomic E-state index is 0.0269. The number of aromatic nitrogens is 3. The molecule has 0 unspecified atom stereocenters. The van der Waals surface area contributed by atoms with Crippen LogP contribution >= 0.6 is 0 Å². The molecule has 1 heterocycles. The van der Waals surface area contributed by atoms with E-state index in [0.29, 0.717) is 15.9 Å². The highest BCUT2D eigenvalue weighted by molar-refractivity contribution is 5.88. The first-order chi connectivity index (χ1) is 10.7. The van der Waals surface area contributed by atoms with Crippen LogP contribution in [0.15, 0.2) is 60.7 Å². The highest BCUT2D eigenvalue weighted by atomic mass is 16.5. The molecule has 106 valence electrons. The van der Waals surface area contributed by atoms with Crippen molar-refractivity contribution >= 4 is 27.8 Å². The third-order valence-corrected chi connectivity index (χ3v) is 3.69. The highest BCUT2D eigenvalue weighted by Gasteiger charge is 2.11. The van der Waals surface area contributed by atoms with Crippen molar-refractivity contribution in [2.24, 2.45) is 0 Å². The first-order valence-electron chi connectivity index (χ1n) is 6.87. The molecule has 5 heteroatoms. The second kappa shape index (κ2) is 4.66. The van der Waals surface area contributed by atoms with Crippen LogP contribution < -0.4 is 10.6 Å². The summed E-state index contributed by atoms with van der Waals surface area (Å²) >= 11 is 0. The van der Waals surface area contributed by atoms with E-state index in [2.05, 4.69) is 34.3 Å². The van der Waals surface area contributed by atoms with Gasteiger partial charge in [0.05, 0.1) is 5.10 Å². The van der Waals surface area contributed by atoms with Crippen molar-refractivity contribution in [1.29, 1.82) is 0 Å². The van der Waals surface area contributed by atoms with Crippen molar-refractivity contribution in [2.75, 3.05) is 5.73 Å². The zero-order valence-corrected chi connectivity index (χ0v) is 11.6. The van der Waals surface area contributed by atoms with Gasteiger partial charge < -0.3 is 10.9 Å². The molecule has 0 aliphatic rings. The van der Waals surface area contributed by atoms with Gasteiger partial charge in [-0.1, -0.05) is 42.5 Å². The topological polar surface area (TPSA) is 78.7 Å². The predicted molar refractivity (Wildman–Crippen MR) is 85.9 cm³/mol. The maximum Gasteiger partial charge on any atom is 0.288 e. The second-order valence-corrected chi connectivity index (χ2v) is 5.11. The van der Waals surface area contributed by atoms with E-state index in [1.54, 1.807) is 12.1 Å². The number of fused-ring (bicyclic) bond motifs is 2. The van der Waals surface area contributed by atoms with Gasteiger partial charge >= 0.3 is 0 Å². The lowest BCUT2D eigenvalue weighted by molar-refractivity contribution is -0.641. The molecule has 22 heavy (non-hydrogen) atoms. The summed E-state index contributed by atoms with van der Waals surface area (Å²) in [7, 11) is 0. The van der Waals surface area contributed by atoms with Gasteiger partial charge in [-0.3, -0.25) is 0 Å². The number of rotatable bonds is 1. The second-order valence-electron chi connectivity index (χ2n) is 5.11. The smallest absolute Gasteiger partial charge is 0.288 e. The molecule has 0 saturated carbocycles. The lowest BCUT2D eigenvalue weighted by Gasteiger charge is -2.05. The number of nitrogens with zero attached hydrogens (tertiary/aromatic N) is 3. The van der Waals surface area contributed by atoms with E-state index in [0.717, 1.165) is 16.5 Å². The lowest BCUT2D eigenvalue weighted by Crippen LogP contribution is -2.33. The Morgan fingerprint density at radius 1 is 0.864 bits per heavy atom. The molecule has 0 saturated heterocycles. The van der Waals surface area contributed by atoms with Crippen molar-refractivity contribution in [3.63, 3.8) is 0 Å². The lowest BCUT2D eigenvalue weighted by atomic mass is 10.0. The van der Waals surface area contributed by atoms with Crippen LogP contribution in [0.2, 0.25) is 0 Å². The van der Waals surface area contributed by atoms with Crippen LogP contribution in [-0.2, 0) is 0 Å². The normalized spacial score (nSPS) is 11.1. The highest BCUT2D eigenvalue weighted by Crippen LogP contribution is 2.26. The average Bonchev–Trinajstić information content (AvgIpc) is 2.54. The van der Waals surface area contributed by atoms with E-state index < -0.39 is 0 Å². The fourth-order valence-electron chi connectivity index (χ4n) is 2.61. The Kier molecular flexibility index (Phi) is 2.66. The van der Waals surface area contributed by atoms with Crippen LogP contribution in [0.5, 0.6) is 0 Å². The summed E-state index contributed by atoms with van der Waals surface area (Å²) < 4.78 is 0. The Morgan fingerprint density at radius 3 is 2.45 bits per heavy atom. The fraction of sp³-hybridized carbons (Fsp3) is 0. The molecule has 0 atom stereocenters. The zero-order chi connectivity index (χ0) is 15.1. The Hall–Kier alpha value is -3.21.